The first-order chi connectivity index (χ1) is 12.7. The highest BCUT2D eigenvalue weighted by atomic mass is 32.2. The molecule has 27 heavy (non-hydrogen) atoms. The maximum atomic E-state index is 12.7. The minimum Gasteiger partial charge on any atom is -0.482 e. The molecule has 1 heterocycles. The van der Waals surface area contributed by atoms with Crippen LogP contribution in [0.5, 0.6) is 5.75 Å². The number of fused-ring (bicyclic) bond motifs is 1. The highest BCUT2D eigenvalue weighted by molar-refractivity contribution is 7.92. The van der Waals surface area contributed by atoms with Crippen LogP contribution < -0.4 is 14.4 Å². The molecule has 0 radical (unpaired) electrons. The average molecular weight is 390 g/mol. The van der Waals surface area contributed by atoms with Gasteiger partial charge in [-0.25, -0.2) is 8.42 Å². The minimum atomic E-state index is -3.94. The molecule has 0 unspecified atom stereocenters. The van der Waals surface area contributed by atoms with E-state index in [1.165, 1.54) is 18.2 Å². The van der Waals surface area contributed by atoms with Crippen molar-refractivity contribution in [3.8, 4) is 5.75 Å². The molecule has 8 nitrogen and oxygen atoms in total. The quantitative estimate of drug-likeness (QED) is 0.806. The summed E-state index contributed by atoms with van der Waals surface area (Å²) >= 11 is 0. The number of carboxylic acid groups (broad SMARTS) is 1. The van der Waals surface area contributed by atoms with Gasteiger partial charge in [0.15, 0.2) is 6.61 Å². The molecule has 1 aliphatic heterocycles. The molecule has 2 N–H and O–H groups in total. The van der Waals surface area contributed by atoms with Crippen molar-refractivity contribution in [3.63, 3.8) is 0 Å². The van der Waals surface area contributed by atoms with Gasteiger partial charge < -0.3 is 9.84 Å². The fraction of sp³-hybridized carbons (Fsp3) is 0.222. The first kappa shape index (κ1) is 18.7. The standard InChI is InChI=1S/C18H18N2O6S/c1-11-5-12(2)7-13(6-11)19-27(24,25)14-3-4-16-15(8-14)20(9-18(22)23)17(21)10-26-16/h3-8,19H,9-10H2,1-2H3,(H,22,23). The summed E-state index contributed by atoms with van der Waals surface area (Å²) in [5.74, 6) is -1.51. The molecule has 0 bridgehead atoms. The van der Waals surface area contributed by atoms with E-state index in [1.807, 2.05) is 19.9 Å². The third kappa shape index (κ3) is 4.03. The third-order valence-electron chi connectivity index (χ3n) is 3.95. The molecule has 1 amide bonds. The zero-order valence-electron chi connectivity index (χ0n) is 14.7. The lowest BCUT2D eigenvalue weighted by Crippen LogP contribution is -2.42. The van der Waals surface area contributed by atoms with Crippen LogP contribution >= 0.6 is 0 Å². The molecule has 9 heteroatoms. The van der Waals surface area contributed by atoms with Gasteiger partial charge in [0.1, 0.15) is 12.3 Å². The molecular weight excluding hydrogens is 372 g/mol. The van der Waals surface area contributed by atoms with Gasteiger partial charge >= 0.3 is 5.97 Å². The van der Waals surface area contributed by atoms with E-state index in [-0.39, 0.29) is 22.9 Å². The number of rotatable bonds is 5. The number of nitrogens with one attached hydrogen (secondary N) is 1. The Hall–Kier alpha value is -3.07. The molecule has 0 spiro atoms. The van der Waals surface area contributed by atoms with Gasteiger partial charge in [0, 0.05) is 5.69 Å². The summed E-state index contributed by atoms with van der Waals surface area (Å²) in [4.78, 5) is 23.9. The lowest BCUT2D eigenvalue weighted by atomic mass is 10.1. The van der Waals surface area contributed by atoms with Gasteiger partial charge in [0.2, 0.25) is 0 Å². The molecule has 0 atom stereocenters. The van der Waals surface area contributed by atoms with Gasteiger partial charge in [-0.05, 0) is 55.3 Å². The summed E-state index contributed by atoms with van der Waals surface area (Å²) in [6.07, 6.45) is 0. The largest absolute Gasteiger partial charge is 0.482 e. The smallest absolute Gasteiger partial charge is 0.323 e. The van der Waals surface area contributed by atoms with Crippen LogP contribution in [0.4, 0.5) is 11.4 Å². The number of aliphatic carboxylic acids is 1. The zero-order valence-corrected chi connectivity index (χ0v) is 15.5. The molecular formula is C18H18N2O6S. The lowest BCUT2D eigenvalue weighted by molar-refractivity contribution is -0.137. The Labute approximate surface area is 156 Å². The zero-order chi connectivity index (χ0) is 19.8. The number of benzene rings is 2. The number of aryl methyl sites for hydroxylation is 2. The van der Waals surface area contributed by atoms with Crippen molar-refractivity contribution < 1.29 is 27.9 Å². The van der Waals surface area contributed by atoms with Crippen LogP contribution in [-0.4, -0.2) is 38.6 Å². The van der Waals surface area contributed by atoms with Crippen molar-refractivity contribution in [2.75, 3.05) is 22.8 Å². The van der Waals surface area contributed by atoms with Gasteiger partial charge in [-0.1, -0.05) is 6.07 Å². The van der Waals surface area contributed by atoms with Crippen LogP contribution in [-0.2, 0) is 19.6 Å². The maximum Gasteiger partial charge on any atom is 0.323 e. The Morgan fingerprint density at radius 2 is 1.85 bits per heavy atom. The molecule has 2 aromatic rings. The summed E-state index contributed by atoms with van der Waals surface area (Å²) in [5, 5.41) is 9.02. The normalized spacial score (nSPS) is 13.7. The number of ether oxygens (including phenoxy) is 1. The number of amides is 1. The van der Waals surface area contributed by atoms with Gasteiger partial charge in [-0.2, -0.15) is 0 Å². The van der Waals surface area contributed by atoms with E-state index < -0.39 is 28.4 Å². The first-order valence-electron chi connectivity index (χ1n) is 8.06. The molecule has 2 aromatic carbocycles. The predicted molar refractivity (Wildman–Crippen MR) is 98.7 cm³/mol. The fourth-order valence-electron chi connectivity index (χ4n) is 2.91. The predicted octanol–water partition coefficient (Wildman–Crippen LogP) is 1.91. The molecule has 0 fully saturated rings. The Bertz CT molecular complexity index is 1010. The topological polar surface area (TPSA) is 113 Å². The highest BCUT2D eigenvalue weighted by Crippen LogP contribution is 2.34. The Morgan fingerprint density at radius 1 is 1.19 bits per heavy atom. The number of hydrogen-bond donors (Lipinski definition) is 2. The number of nitrogens with zero attached hydrogens (tertiary/aromatic N) is 1. The molecule has 0 saturated carbocycles. The molecule has 3 rings (SSSR count). The number of hydrogen-bond acceptors (Lipinski definition) is 5. The van der Waals surface area contributed by atoms with Crippen molar-refractivity contribution in [1.82, 2.24) is 0 Å². The third-order valence-corrected chi connectivity index (χ3v) is 5.33. The molecule has 0 aromatic heterocycles. The molecule has 0 saturated heterocycles. The Kier molecular flexibility index (Phi) is 4.79. The second kappa shape index (κ2) is 6.92. The minimum absolute atomic E-state index is 0.103. The second-order valence-corrected chi connectivity index (χ2v) is 7.96. The van der Waals surface area contributed by atoms with Crippen molar-refractivity contribution in [1.29, 1.82) is 0 Å². The van der Waals surface area contributed by atoms with Crippen LogP contribution in [0.15, 0.2) is 41.3 Å². The molecule has 1 aliphatic rings. The lowest BCUT2D eigenvalue weighted by Gasteiger charge is -2.28. The summed E-state index contributed by atoms with van der Waals surface area (Å²) in [6, 6.07) is 9.31. The Morgan fingerprint density at radius 3 is 2.48 bits per heavy atom. The maximum absolute atomic E-state index is 12.7. The van der Waals surface area contributed by atoms with Gasteiger partial charge in [0.25, 0.3) is 15.9 Å². The van der Waals surface area contributed by atoms with Crippen LogP contribution in [0.25, 0.3) is 0 Å². The molecule has 142 valence electrons. The number of carbonyl (C=O) groups excluding carboxylic acids is 1. The van der Waals surface area contributed by atoms with Crippen molar-refractivity contribution in [3.05, 3.63) is 47.5 Å². The van der Waals surface area contributed by atoms with E-state index in [4.69, 9.17) is 9.84 Å². The SMILES string of the molecule is Cc1cc(C)cc(NS(=O)(=O)c2ccc3c(c2)N(CC(=O)O)C(=O)CO3)c1. The van der Waals surface area contributed by atoms with Crippen LogP contribution in [0, 0.1) is 13.8 Å². The summed E-state index contributed by atoms with van der Waals surface area (Å²) in [5.41, 5.74) is 2.34. The summed E-state index contributed by atoms with van der Waals surface area (Å²) in [6.45, 7) is 2.84. The molecule has 0 aliphatic carbocycles. The van der Waals surface area contributed by atoms with E-state index >= 15 is 0 Å². The van der Waals surface area contributed by atoms with Crippen LogP contribution in [0.1, 0.15) is 11.1 Å². The van der Waals surface area contributed by atoms with E-state index in [0.29, 0.717) is 5.69 Å². The number of carboxylic acids is 1. The monoisotopic (exact) mass is 390 g/mol. The van der Waals surface area contributed by atoms with E-state index in [2.05, 4.69) is 4.72 Å². The van der Waals surface area contributed by atoms with Gasteiger partial charge in [0.05, 0.1) is 10.6 Å². The average Bonchev–Trinajstić information content (AvgIpc) is 2.55. The Balaban J connectivity index is 1.98. The van der Waals surface area contributed by atoms with Gasteiger partial charge in [-0.15, -0.1) is 0 Å². The summed E-state index contributed by atoms with van der Waals surface area (Å²) in [7, 11) is -3.94. The van der Waals surface area contributed by atoms with Crippen molar-refractivity contribution in [2.24, 2.45) is 0 Å². The van der Waals surface area contributed by atoms with E-state index in [9.17, 15) is 18.0 Å². The van der Waals surface area contributed by atoms with Crippen molar-refractivity contribution >= 4 is 33.3 Å². The number of carbonyl (C=O) groups is 2. The van der Waals surface area contributed by atoms with Crippen LogP contribution in [0.2, 0.25) is 0 Å². The fourth-order valence-corrected chi connectivity index (χ4v) is 3.97. The number of sulfonamides is 1. The van der Waals surface area contributed by atoms with Crippen molar-refractivity contribution in [2.45, 2.75) is 18.7 Å². The van der Waals surface area contributed by atoms with Crippen LogP contribution in [0.3, 0.4) is 0 Å². The van der Waals surface area contributed by atoms with Gasteiger partial charge in [-0.3, -0.25) is 19.2 Å². The highest BCUT2D eigenvalue weighted by Gasteiger charge is 2.29. The van der Waals surface area contributed by atoms with E-state index in [0.717, 1.165) is 16.0 Å². The summed E-state index contributed by atoms with van der Waals surface area (Å²) < 4.78 is 33.3. The van der Waals surface area contributed by atoms with E-state index in [1.54, 1.807) is 12.1 Å². The first-order valence-corrected chi connectivity index (χ1v) is 9.54. The number of anilines is 2. The second-order valence-electron chi connectivity index (χ2n) is 6.27.